The summed E-state index contributed by atoms with van der Waals surface area (Å²) in [4.78, 5) is 70.4. The van der Waals surface area contributed by atoms with Gasteiger partial charge in [-0.3, -0.25) is 33.8 Å². The smallest absolute Gasteiger partial charge is 0.235 e. The highest BCUT2D eigenvalue weighted by Crippen LogP contribution is 2.52. The third-order valence-corrected chi connectivity index (χ3v) is 9.95. The molecule has 1 aromatic rings. The molecule has 222 valence electrons. The lowest BCUT2D eigenvalue weighted by atomic mass is 9.52. The minimum Gasteiger partial charge on any atom is -0.507 e. The van der Waals surface area contributed by atoms with E-state index in [4.69, 9.17) is 10.5 Å². The molecule has 0 saturated heterocycles. The molecule has 4 aliphatic rings. The summed E-state index contributed by atoms with van der Waals surface area (Å²) >= 11 is 0. The van der Waals surface area contributed by atoms with Crippen LogP contribution in [0.3, 0.4) is 0 Å². The van der Waals surface area contributed by atoms with Gasteiger partial charge in [0, 0.05) is 29.6 Å². The summed E-state index contributed by atoms with van der Waals surface area (Å²) in [5, 5.41) is 22.8. The van der Waals surface area contributed by atoms with Crippen molar-refractivity contribution in [2.75, 3.05) is 27.7 Å². The lowest BCUT2D eigenvalue weighted by molar-refractivity contribution is -0.181. The number of carbonyl (C=O) groups is 5. The number of benzene rings is 1. The van der Waals surface area contributed by atoms with Crippen LogP contribution in [0.4, 0.5) is 0 Å². The first-order chi connectivity index (χ1) is 19.3. The van der Waals surface area contributed by atoms with Crippen molar-refractivity contribution in [3.63, 3.8) is 0 Å². The molecule has 4 N–H and O–H groups in total. The summed E-state index contributed by atoms with van der Waals surface area (Å²) in [5.74, 6) is -9.51. The molecule has 11 heteroatoms. The van der Waals surface area contributed by atoms with Crippen LogP contribution in [0, 0.1) is 29.6 Å². The molecule has 3 saturated carbocycles. The number of fused-ring (bicyclic) bond motifs is 3. The lowest BCUT2D eigenvalue weighted by Gasteiger charge is -2.52. The predicted octanol–water partition coefficient (Wildman–Crippen LogP) is 0.496. The van der Waals surface area contributed by atoms with Crippen molar-refractivity contribution < 1.29 is 38.9 Å². The van der Waals surface area contributed by atoms with E-state index in [2.05, 4.69) is 18.7 Å². The number of phenols is 1. The molecule has 1 aromatic carbocycles. The van der Waals surface area contributed by atoms with Gasteiger partial charge in [-0.05, 0) is 71.1 Å². The van der Waals surface area contributed by atoms with Crippen molar-refractivity contribution in [3.05, 3.63) is 22.8 Å². The average molecular weight is 570 g/mol. The Morgan fingerprint density at radius 1 is 1.20 bits per heavy atom. The number of amides is 1. The molecule has 3 fully saturated rings. The molecule has 4 aliphatic carbocycles. The average Bonchev–Trinajstić information content (AvgIpc) is 3.74. The van der Waals surface area contributed by atoms with E-state index in [0.29, 0.717) is 29.8 Å². The second-order valence-corrected chi connectivity index (χ2v) is 12.4. The molecule has 5 rings (SSSR count). The zero-order chi connectivity index (χ0) is 30.1. The minimum atomic E-state index is -2.74. The molecule has 0 heterocycles. The minimum absolute atomic E-state index is 0.00214. The molecular weight excluding hydrogens is 530 g/mol. The van der Waals surface area contributed by atoms with E-state index < -0.39 is 64.4 Å². The zero-order valence-electron chi connectivity index (χ0n) is 24.2. The van der Waals surface area contributed by atoms with Crippen molar-refractivity contribution in [3.8, 4) is 11.5 Å². The number of nitrogens with zero attached hydrogens (tertiary/aromatic N) is 2. The predicted molar refractivity (Wildman–Crippen MR) is 146 cm³/mol. The Labute approximate surface area is 239 Å². The van der Waals surface area contributed by atoms with Crippen LogP contribution in [0.25, 0.3) is 0 Å². The number of carbonyl (C=O) groups excluding carboxylic acids is 5. The normalized spacial score (nSPS) is 32.0. The second-order valence-electron chi connectivity index (χ2n) is 12.4. The van der Waals surface area contributed by atoms with E-state index in [1.54, 1.807) is 14.1 Å². The van der Waals surface area contributed by atoms with Crippen LogP contribution in [0.5, 0.6) is 11.5 Å². The summed E-state index contributed by atoms with van der Waals surface area (Å²) in [7, 11) is 4.62. The van der Waals surface area contributed by atoms with Gasteiger partial charge < -0.3 is 20.7 Å². The van der Waals surface area contributed by atoms with Gasteiger partial charge >= 0.3 is 0 Å². The Bertz CT molecular complexity index is 1340. The van der Waals surface area contributed by atoms with E-state index >= 15 is 0 Å². The van der Waals surface area contributed by atoms with Gasteiger partial charge in [0.15, 0.2) is 34.7 Å². The molecule has 11 nitrogen and oxygen atoms in total. The fraction of sp³-hybridized carbons (Fsp3) is 0.633. The Hall–Kier alpha value is -3.15. The van der Waals surface area contributed by atoms with Crippen LogP contribution in [0.1, 0.15) is 54.6 Å². The topological polar surface area (TPSA) is 168 Å². The van der Waals surface area contributed by atoms with Crippen molar-refractivity contribution in [2.24, 2.45) is 35.3 Å². The number of methoxy groups -OCH3 is 1. The number of likely N-dealkylation sites (N-methyl/N-ethyl adjacent to an activating group) is 1. The van der Waals surface area contributed by atoms with Gasteiger partial charge in [0.05, 0.1) is 24.6 Å². The van der Waals surface area contributed by atoms with Crippen molar-refractivity contribution in [1.82, 2.24) is 9.80 Å². The molecular formula is C30H39N3O8. The monoisotopic (exact) mass is 569 g/mol. The molecule has 1 amide bonds. The maximum atomic E-state index is 14.0. The number of Topliss-reactive ketones (excluding diaryl/α,β-unsaturated/α-hetero) is 4. The third-order valence-electron chi connectivity index (χ3n) is 9.95. The Balaban J connectivity index is 1.58. The lowest BCUT2D eigenvalue weighted by Crippen LogP contribution is -2.74. The van der Waals surface area contributed by atoms with Gasteiger partial charge in [-0.1, -0.05) is 6.92 Å². The van der Waals surface area contributed by atoms with Crippen molar-refractivity contribution >= 4 is 29.0 Å². The third kappa shape index (κ3) is 4.31. The van der Waals surface area contributed by atoms with Crippen LogP contribution in [0.2, 0.25) is 0 Å². The fourth-order valence-corrected chi connectivity index (χ4v) is 7.73. The molecule has 0 aromatic heterocycles. The highest BCUT2D eigenvalue weighted by molar-refractivity contribution is 6.32. The molecule has 0 bridgehead atoms. The van der Waals surface area contributed by atoms with Gasteiger partial charge in [-0.15, -0.1) is 0 Å². The van der Waals surface area contributed by atoms with Crippen LogP contribution >= 0.6 is 0 Å². The number of nitrogens with two attached hydrogens (primary N) is 1. The van der Waals surface area contributed by atoms with Crippen molar-refractivity contribution in [2.45, 2.75) is 63.8 Å². The first-order valence-corrected chi connectivity index (χ1v) is 14.3. The molecule has 2 unspecified atom stereocenters. The van der Waals surface area contributed by atoms with Gasteiger partial charge in [-0.25, -0.2) is 0 Å². The summed E-state index contributed by atoms with van der Waals surface area (Å²) in [6, 6.07) is 0.704. The van der Waals surface area contributed by atoms with E-state index in [-0.39, 0.29) is 24.2 Å². The number of ketones is 4. The Morgan fingerprint density at radius 3 is 2.39 bits per heavy atom. The number of hydrogen-bond donors (Lipinski definition) is 3. The Morgan fingerprint density at radius 2 is 1.85 bits per heavy atom. The van der Waals surface area contributed by atoms with Crippen LogP contribution in [-0.2, 0) is 32.1 Å². The first-order valence-electron chi connectivity index (χ1n) is 14.3. The van der Waals surface area contributed by atoms with E-state index in [0.717, 1.165) is 12.1 Å². The quantitative estimate of drug-likeness (QED) is 0.375. The van der Waals surface area contributed by atoms with E-state index in [9.17, 15) is 34.2 Å². The fourth-order valence-electron chi connectivity index (χ4n) is 7.73. The van der Waals surface area contributed by atoms with E-state index in [1.807, 2.05) is 0 Å². The molecule has 0 radical (unpaired) electrons. The molecule has 41 heavy (non-hydrogen) atoms. The largest absolute Gasteiger partial charge is 0.507 e. The number of aromatic hydroxyl groups is 1. The number of primary amides is 1. The van der Waals surface area contributed by atoms with Crippen LogP contribution in [-0.4, -0.2) is 94.5 Å². The number of ether oxygens (including phenoxy) is 1. The SMILES string of the molecule is CCN(Cc1cc(O)c2c(c1OC)C[C@H]1C[C@H]3[C@H](N(C)C)C(=O)C(C(N)=O)C(=O)[C@@]3(O)C(=O)C1C2=O)[C@H](C)C1CC1. The van der Waals surface area contributed by atoms with Gasteiger partial charge in [0.25, 0.3) is 0 Å². The zero-order valence-corrected chi connectivity index (χ0v) is 24.2. The summed E-state index contributed by atoms with van der Waals surface area (Å²) in [6.07, 6.45) is 2.53. The van der Waals surface area contributed by atoms with Gasteiger partial charge in [0.1, 0.15) is 11.5 Å². The maximum Gasteiger partial charge on any atom is 0.235 e. The van der Waals surface area contributed by atoms with Crippen LogP contribution in [0.15, 0.2) is 6.07 Å². The maximum absolute atomic E-state index is 14.0. The van der Waals surface area contributed by atoms with Gasteiger partial charge in [-0.2, -0.15) is 0 Å². The summed E-state index contributed by atoms with van der Waals surface area (Å²) in [6.45, 7) is 5.55. The molecule has 0 spiro atoms. The van der Waals surface area contributed by atoms with Crippen LogP contribution < -0.4 is 10.5 Å². The first kappa shape index (κ1) is 29.3. The number of aliphatic hydroxyl groups is 1. The number of hydrogen-bond acceptors (Lipinski definition) is 10. The highest BCUT2D eigenvalue weighted by Gasteiger charge is 2.69. The van der Waals surface area contributed by atoms with Gasteiger partial charge in [0.2, 0.25) is 5.91 Å². The summed E-state index contributed by atoms with van der Waals surface area (Å²) in [5.41, 5.74) is 3.77. The highest BCUT2D eigenvalue weighted by atomic mass is 16.5. The summed E-state index contributed by atoms with van der Waals surface area (Å²) < 4.78 is 5.82. The van der Waals surface area contributed by atoms with Crippen molar-refractivity contribution in [1.29, 1.82) is 0 Å². The standard InChI is InChI=1S/C30H39N3O8/c1-6-33(13(2)14-7-8-14)12-16-11-19(34)21-17(26(16)41-5)9-15-10-18-23(32(3)4)25(36)22(29(31)39)28(38)30(18,40)27(37)20(15)24(21)35/h11,13-15,18,20,22-23,34,40H,6-10,12H2,1-5H3,(H2,31,39)/t13-,15+,18+,20?,22?,23+,30+/m1/s1. The Kier molecular flexibility index (Phi) is 7.36. The number of phenolic OH excluding ortho intramolecular Hbond substituents is 1. The molecule has 7 atom stereocenters. The number of rotatable bonds is 8. The second kappa shape index (κ2) is 10.3. The van der Waals surface area contributed by atoms with E-state index in [1.165, 1.54) is 30.9 Å². The molecule has 0 aliphatic heterocycles.